The SMILES string of the molecule is Cc1c([C@H](CNC(=O)OC(C)(C)C)S(=O)(=O)CCCCl)ccc2c1COC2=O. The summed E-state index contributed by atoms with van der Waals surface area (Å²) < 4.78 is 36.2. The van der Waals surface area contributed by atoms with Crippen LogP contribution in [0.4, 0.5) is 4.79 Å². The molecule has 1 aromatic carbocycles. The van der Waals surface area contributed by atoms with Gasteiger partial charge in [-0.15, -0.1) is 11.6 Å². The maximum absolute atomic E-state index is 13.0. The Labute approximate surface area is 170 Å². The molecule has 0 radical (unpaired) electrons. The molecule has 1 heterocycles. The molecule has 28 heavy (non-hydrogen) atoms. The number of sulfone groups is 1. The predicted octanol–water partition coefficient (Wildman–Crippen LogP) is 3.27. The highest BCUT2D eigenvalue weighted by molar-refractivity contribution is 7.91. The first-order chi connectivity index (χ1) is 13.0. The lowest BCUT2D eigenvalue weighted by atomic mass is 9.96. The number of alkyl carbamates (subject to hydrolysis) is 1. The van der Waals surface area contributed by atoms with Crippen LogP contribution in [0.3, 0.4) is 0 Å². The standard InChI is InChI=1S/C19H26ClNO6S/c1-12-13(6-7-14-15(12)11-26-17(14)22)16(28(24,25)9-5-8-20)10-21-18(23)27-19(2,3)4/h6-7,16H,5,8-11H2,1-4H3,(H,21,23)/t16-/m0/s1. The van der Waals surface area contributed by atoms with Crippen LogP contribution in [0, 0.1) is 6.92 Å². The fourth-order valence-electron chi connectivity index (χ4n) is 3.04. The van der Waals surface area contributed by atoms with Gasteiger partial charge in [0.2, 0.25) is 0 Å². The van der Waals surface area contributed by atoms with Crippen LogP contribution in [0.15, 0.2) is 12.1 Å². The largest absolute Gasteiger partial charge is 0.457 e. The van der Waals surface area contributed by atoms with E-state index >= 15 is 0 Å². The summed E-state index contributed by atoms with van der Waals surface area (Å²) in [5.41, 5.74) is 1.63. The van der Waals surface area contributed by atoms with Gasteiger partial charge in [-0.1, -0.05) is 6.07 Å². The summed E-state index contributed by atoms with van der Waals surface area (Å²) in [4.78, 5) is 23.8. The maximum atomic E-state index is 13.0. The molecule has 1 aliphatic rings. The van der Waals surface area contributed by atoms with Gasteiger partial charge in [0.25, 0.3) is 0 Å². The van der Waals surface area contributed by atoms with Gasteiger partial charge in [-0.25, -0.2) is 18.0 Å². The van der Waals surface area contributed by atoms with Crippen LogP contribution in [0.2, 0.25) is 0 Å². The zero-order valence-corrected chi connectivity index (χ0v) is 18.1. The number of hydrogen-bond acceptors (Lipinski definition) is 6. The number of amides is 1. The number of fused-ring (bicyclic) bond motifs is 1. The average Bonchev–Trinajstić information content (AvgIpc) is 2.95. The van der Waals surface area contributed by atoms with Crippen LogP contribution in [0.5, 0.6) is 0 Å². The predicted molar refractivity (Wildman–Crippen MR) is 106 cm³/mol. The molecule has 1 atom stereocenters. The summed E-state index contributed by atoms with van der Waals surface area (Å²) in [7, 11) is -3.61. The smallest absolute Gasteiger partial charge is 0.407 e. The summed E-state index contributed by atoms with van der Waals surface area (Å²) in [6, 6.07) is 3.19. The number of carbonyl (C=O) groups is 2. The molecule has 1 amide bonds. The van der Waals surface area contributed by atoms with Crippen molar-refractivity contribution in [2.24, 2.45) is 0 Å². The van der Waals surface area contributed by atoms with Crippen molar-refractivity contribution in [3.8, 4) is 0 Å². The van der Waals surface area contributed by atoms with Crippen molar-refractivity contribution in [1.29, 1.82) is 0 Å². The van der Waals surface area contributed by atoms with Gasteiger partial charge in [0.05, 0.1) is 11.3 Å². The van der Waals surface area contributed by atoms with E-state index in [0.717, 1.165) is 0 Å². The zero-order chi connectivity index (χ0) is 21.1. The number of benzene rings is 1. The first-order valence-corrected chi connectivity index (χ1v) is 11.2. The van der Waals surface area contributed by atoms with Gasteiger partial charge in [-0.2, -0.15) is 0 Å². The number of rotatable bonds is 7. The molecule has 1 aliphatic heterocycles. The molecular weight excluding hydrogens is 406 g/mol. The fraction of sp³-hybridized carbons (Fsp3) is 0.579. The monoisotopic (exact) mass is 431 g/mol. The van der Waals surface area contributed by atoms with Crippen LogP contribution < -0.4 is 5.32 Å². The summed E-state index contributed by atoms with van der Waals surface area (Å²) in [5, 5.41) is 1.57. The van der Waals surface area contributed by atoms with Gasteiger partial charge < -0.3 is 14.8 Å². The van der Waals surface area contributed by atoms with Crippen LogP contribution in [-0.2, 0) is 25.9 Å². The van der Waals surface area contributed by atoms with Gasteiger partial charge >= 0.3 is 12.1 Å². The quantitative estimate of drug-likeness (QED) is 0.525. The van der Waals surface area contributed by atoms with Gasteiger partial charge in [-0.05, 0) is 51.3 Å². The molecule has 7 nitrogen and oxygen atoms in total. The molecule has 0 aromatic heterocycles. The highest BCUT2D eigenvalue weighted by Crippen LogP contribution is 2.32. The highest BCUT2D eigenvalue weighted by Gasteiger charge is 2.32. The molecule has 1 aromatic rings. The number of nitrogens with one attached hydrogen (secondary N) is 1. The Morgan fingerprint density at radius 1 is 1.36 bits per heavy atom. The average molecular weight is 432 g/mol. The minimum Gasteiger partial charge on any atom is -0.457 e. The van der Waals surface area contributed by atoms with E-state index in [1.54, 1.807) is 39.8 Å². The summed E-state index contributed by atoms with van der Waals surface area (Å²) in [5.74, 6) is -0.307. The molecule has 9 heteroatoms. The number of hydrogen-bond donors (Lipinski definition) is 1. The Bertz CT molecular complexity index is 860. The number of alkyl halides is 1. The minimum atomic E-state index is -3.61. The van der Waals surface area contributed by atoms with Crippen LogP contribution >= 0.6 is 11.6 Å². The lowest BCUT2D eigenvalue weighted by molar-refractivity contribution is 0.0520. The van der Waals surface area contributed by atoms with E-state index < -0.39 is 32.8 Å². The summed E-state index contributed by atoms with van der Waals surface area (Å²) in [6.07, 6.45) is -0.388. The van der Waals surface area contributed by atoms with E-state index in [0.29, 0.717) is 28.7 Å². The van der Waals surface area contributed by atoms with Crippen LogP contribution in [0.25, 0.3) is 0 Å². The van der Waals surface area contributed by atoms with E-state index in [9.17, 15) is 18.0 Å². The van der Waals surface area contributed by atoms with E-state index in [1.165, 1.54) is 0 Å². The highest BCUT2D eigenvalue weighted by atomic mass is 35.5. The van der Waals surface area contributed by atoms with Gasteiger partial charge in [0.1, 0.15) is 17.5 Å². The van der Waals surface area contributed by atoms with Gasteiger partial charge in [0, 0.05) is 18.0 Å². The number of carbonyl (C=O) groups excluding carboxylic acids is 2. The van der Waals surface area contributed by atoms with Gasteiger partial charge in [-0.3, -0.25) is 0 Å². The molecule has 0 spiro atoms. The van der Waals surface area contributed by atoms with Crippen molar-refractivity contribution >= 4 is 33.5 Å². The second-order valence-electron chi connectivity index (χ2n) is 7.66. The summed E-state index contributed by atoms with van der Waals surface area (Å²) >= 11 is 5.67. The molecule has 0 saturated carbocycles. The Morgan fingerprint density at radius 3 is 2.64 bits per heavy atom. The Balaban J connectivity index is 2.34. The number of esters is 1. The second-order valence-corrected chi connectivity index (χ2v) is 10.3. The van der Waals surface area contributed by atoms with Crippen molar-refractivity contribution in [3.05, 3.63) is 34.4 Å². The first kappa shape index (κ1) is 22.5. The molecule has 2 rings (SSSR count). The van der Waals surface area contributed by atoms with Crippen molar-refractivity contribution < 1.29 is 27.5 Å². The lowest BCUT2D eigenvalue weighted by Gasteiger charge is -2.23. The minimum absolute atomic E-state index is 0.108. The Morgan fingerprint density at radius 2 is 2.04 bits per heavy atom. The molecule has 0 aliphatic carbocycles. The fourth-order valence-corrected chi connectivity index (χ4v) is 5.14. The third-order valence-corrected chi connectivity index (χ3v) is 6.79. The van der Waals surface area contributed by atoms with Crippen LogP contribution in [0.1, 0.15) is 59.5 Å². The first-order valence-electron chi connectivity index (χ1n) is 9.00. The molecule has 1 N–H and O–H groups in total. The zero-order valence-electron chi connectivity index (χ0n) is 16.5. The molecule has 0 bridgehead atoms. The summed E-state index contributed by atoms with van der Waals surface area (Å²) in [6.45, 7) is 6.90. The van der Waals surface area contributed by atoms with E-state index in [2.05, 4.69) is 5.32 Å². The number of halogens is 1. The molecular formula is C19H26ClNO6S. The second kappa shape index (κ2) is 8.69. The third kappa shape index (κ3) is 5.38. The Hall–Kier alpha value is -1.80. The molecule has 0 unspecified atom stereocenters. The van der Waals surface area contributed by atoms with E-state index in [4.69, 9.17) is 21.1 Å². The maximum Gasteiger partial charge on any atom is 0.407 e. The van der Waals surface area contributed by atoms with E-state index in [-0.39, 0.29) is 24.8 Å². The van der Waals surface area contributed by atoms with Crippen molar-refractivity contribution in [2.45, 2.75) is 51.6 Å². The molecule has 0 fully saturated rings. The van der Waals surface area contributed by atoms with Crippen molar-refractivity contribution in [2.75, 3.05) is 18.2 Å². The van der Waals surface area contributed by atoms with Gasteiger partial charge in [0.15, 0.2) is 9.84 Å². The molecule has 0 saturated heterocycles. The van der Waals surface area contributed by atoms with Crippen LogP contribution in [-0.4, -0.2) is 44.3 Å². The normalized spacial score (nSPS) is 15.0. The topological polar surface area (TPSA) is 98.8 Å². The van der Waals surface area contributed by atoms with Crippen molar-refractivity contribution in [1.82, 2.24) is 5.32 Å². The number of cyclic esters (lactones) is 1. The molecule has 156 valence electrons. The lowest BCUT2D eigenvalue weighted by Crippen LogP contribution is -2.37. The van der Waals surface area contributed by atoms with E-state index in [1.807, 2.05) is 0 Å². The number of ether oxygens (including phenoxy) is 2. The Kier molecular flexibility index (Phi) is 6.98. The van der Waals surface area contributed by atoms with Crippen molar-refractivity contribution in [3.63, 3.8) is 0 Å². The third-order valence-electron chi connectivity index (χ3n) is 4.38.